The molecule has 0 aromatic carbocycles. The second-order valence-corrected chi connectivity index (χ2v) is 5.25. The maximum atomic E-state index is 4.76. The fraction of sp³-hybridized carbons (Fsp3) is 0.643. The first-order valence-corrected chi connectivity index (χ1v) is 6.68. The van der Waals surface area contributed by atoms with E-state index in [1.165, 1.54) is 5.56 Å². The summed E-state index contributed by atoms with van der Waals surface area (Å²) in [7, 11) is 4.15. The molecule has 1 aromatic rings. The van der Waals surface area contributed by atoms with Crippen LogP contribution in [0.3, 0.4) is 0 Å². The maximum absolute atomic E-state index is 4.76. The molecule has 4 heteroatoms. The zero-order valence-electron chi connectivity index (χ0n) is 11.9. The summed E-state index contributed by atoms with van der Waals surface area (Å²) in [6, 6.07) is 4.88. The van der Waals surface area contributed by atoms with Gasteiger partial charge in [-0.2, -0.15) is 0 Å². The Bertz CT molecular complexity index is 405. The minimum absolute atomic E-state index is 0.533. The number of hydrogen-bond acceptors (Lipinski definition) is 4. The molecule has 0 amide bonds. The van der Waals surface area contributed by atoms with Crippen LogP contribution in [0, 0.1) is 6.92 Å². The molecule has 1 N–H and O–H groups in total. The van der Waals surface area contributed by atoms with Gasteiger partial charge in [0, 0.05) is 37.9 Å². The first-order chi connectivity index (χ1) is 8.61. The highest BCUT2D eigenvalue weighted by Crippen LogP contribution is 2.19. The second-order valence-electron chi connectivity index (χ2n) is 5.25. The van der Waals surface area contributed by atoms with Gasteiger partial charge < -0.3 is 15.1 Å². The van der Waals surface area contributed by atoms with E-state index in [2.05, 4.69) is 48.1 Å². The lowest BCUT2D eigenvalue weighted by molar-refractivity contribution is 0.274. The first kappa shape index (κ1) is 13.3. The standard InChI is InChI=1S/C14H24N4/c1-11-10-17(4)7-8-18(11)14-6-5-13(9-15-3)12(2)16-14/h5-6,11,15H,7-10H2,1-4H3. The van der Waals surface area contributed by atoms with Gasteiger partial charge in [0.05, 0.1) is 0 Å². The van der Waals surface area contributed by atoms with Gasteiger partial charge >= 0.3 is 0 Å². The number of anilines is 1. The van der Waals surface area contributed by atoms with E-state index in [9.17, 15) is 0 Å². The monoisotopic (exact) mass is 248 g/mol. The fourth-order valence-corrected chi connectivity index (χ4v) is 2.59. The lowest BCUT2D eigenvalue weighted by Gasteiger charge is -2.39. The lowest BCUT2D eigenvalue weighted by Crippen LogP contribution is -2.50. The normalized spacial score (nSPS) is 21.3. The molecule has 0 saturated carbocycles. The van der Waals surface area contributed by atoms with Gasteiger partial charge in [-0.15, -0.1) is 0 Å². The average molecular weight is 248 g/mol. The van der Waals surface area contributed by atoms with Crippen molar-refractivity contribution in [1.82, 2.24) is 15.2 Å². The molecule has 1 aromatic heterocycles. The van der Waals surface area contributed by atoms with Gasteiger partial charge in [0.1, 0.15) is 5.82 Å². The van der Waals surface area contributed by atoms with Crippen molar-refractivity contribution in [2.24, 2.45) is 0 Å². The minimum Gasteiger partial charge on any atom is -0.351 e. The molecule has 0 radical (unpaired) electrons. The molecular formula is C14H24N4. The largest absolute Gasteiger partial charge is 0.351 e. The highest BCUT2D eigenvalue weighted by atomic mass is 15.3. The van der Waals surface area contributed by atoms with Crippen molar-refractivity contribution in [3.63, 3.8) is 0 Å². The van der Waals surface area contributed by atoms with Gasteiger partial charge in [0.2, 0.25) is 0 Å². The van der Waals surface area contributed by atoms with Crippen molar-refractivity contribution in [2.75, 3.05) is 38.6 Å². The summed E-state index contributed by atoms with van der Waals surface area (Å²) in [5, 5.41) is 3.18. The molecule has 0 aliphatic carbocycles. The number of nitrogens with one attached hydrogen (secondary N) is 1. The summed E-state index contributed by atoms with van der Waals surface area (Å²) in [6.45, 7) is 8.54. The summed E-state index contributed by atoms with van der Waals surface area (Å²) < 4.78 is 0. The SMILES string of the molecule is CNCc1ccc(N2CCN(C)CC2C)nc1C. The molecule has 1 aliphatic rings. The molecule has 0 spiro atoms. The summed E-state index contributed by atoms with van der Waals surface area (Å²) in [5.41, 5.74) is 2.41. The summed E-state index contributed by atoms with van der Waals surface area (Å²) in [4.78, 5) is 9.55. The third kappa shape index (κ3) is 2.82. The Morgan fingerprint density at radius 1 is 1.39 bits per heavy atom. The lowest BCUT2D eigenvalue weighted by atomic mass is 10.1. The molecule has 1 saturated heterocycles. The van der Waals surface area contributed by atoms with Crippen LogP contribution in [0.1, 0.15) is 18.2 Å². The van der Waals surface area contributed by atoms with E-state index in [0.29, 0.717) is 6.04 Å². The molecule has 1 fully saturated rings. The first-order valence-electron chi connectivity index (χ1n) is 6.68. The van der Waals surface area contributed by atoms with Gasteiger partial charge in [-0.3, -0.25) is 0 Å². The van der Waals surface area contributed by atoms with Gasteiger partial charge in [-0.1, -0.05) is 6.07 Å². The van der Waals surface area contributed by atoms with Crippen LogP contribution in [0.25, 0.3) is 0 Å². The van der Waals surface area contributed by atoms with Gasteiger partial charge in [-0.05, 0) is 39.6 Å². The number of aromatic nitrogens is 1. The molecule has 2 rings (SSSR count). The Kier molecular flexibility index (Phi) is 4.19. The zero-order valence-corrected chi connectivity index (χ0v) is 11.9. The number of hydrogen-bond donors (Lipinski definition) is 1. The Balaban J connectivity index is 2.16. The van der Waals surface area contributed by atoms with E-state index >= 15 is 0 Å². The molecule has 18 heavy (non-hydrogen) atoms. The predicted octanol–water partition coefficient (Wildman–Crippen LogP) is 1.25. The smallest absolute Gasteiger partial charge is 0.129 e. The molecular weight excluding hydrogens is 224 g/mol. The number of likely N-dealkylation sites (N-methyl/N-ethyl adjacent to an activating group) is 1. The van der Waals surface area contributed by atoms with E-state index in [4.69, 9.17) is 4.98 Å². The highest BCUT2D eigenvalue weighted by Gasteiger charge is 2.22. The Labute approximate surface area is 110 Å². The third-order valence-electron chi connectivity index (χ3n) is 3.67. The number of piperazine rings is 1. The van der Waals surface area contributed by atoms with Crippen LogP contribution in [0.5, 0.6) is 0 Å². The van der Waals surface area contributed by atoms with E-state index in [1.54, 1.807) is 0 Å². The highest BCUT2D eigenvalue weighted by molar-refractivity contribution is 5.43. The Morgan fingerprint density at radius 3 is 2.78 bits per heavy atom. The van der Waals surface area contributed by atoms with E-state index < -0.39 is 0 Å². The van der Waals surface area contributed by atoms with E-state index in [-0.39, 0.29) is 0 Å². The molecule has 100 valence electrons. The Morgan fingerprint density at radius 2 is 2.17 bits per heavy atom. The average Bonchev–Trinajstić information content (AvgIpc) is 2.32. The number of nitrogens with zero attached hydrogens (tertiary/aromatic N) is 3. The quantitative estimate of drug-likeness (QED) is 0.872. The molecule has 1 aliphatic heterocycles. The summed E-state index contributed by atoms with van der Waals surface area (Å²) in [6.07, 6.45) is 0. The summed E-state index contributed by atoms with van der Waals surface area (Å²) in [5.74, 6) is 1.12. The zero-order chi connectivity index (χ0) is 13.1. The summed E-state index contributed by atoms with van der Waals surface area (Å²) >= 11 is 0. The van der Waals surface area contributed by atoms with Crippen molar-refractivity contribution in [2.45, 2.75) is 26.4 Å². The molecule has 1 unspecified atom stereocenters. The van der Waals surface area contributed by atoms with E-state index in [0.717, 1.165) is 37.7 Å². The maximum Gasteiger partial charge on any atom is 0.129 e. The van der Waals surface area contributed by atoms with Crippen LogP contribution in [0.2, 0.25) is 0 Å². The topological polar surface area (TPSA) is 31.4 Å². The molecule has 2 heterocycles. The predicted molar refractivity (Wildman–Crippen MR) is 76.0 cm³/mol. The second kappa shape index (κ2) is 5.67. The van der Waals surface area contributed by atoms with Gasteiger partial charge in [0.25, 0.3) is 0 Å². The van der Waals surface area contributed by atoms with Crippen LogP contribution >= 0.6 is 0 Å². The van der Waals surface area contributed by atoms with Crippen molar-refractivity contribution in [1.29, 1.82) is 0 Å². The number of pyridine rings is 1. The number of aryl methyl sites for hydroxylation is 1. The van der Waals surface area contributed by atoms with Crippen LogP contribution < -0.4 is 10.2 Å². The van der Waals surface area contributed by atoms with Crippen molar-refractivity contribution >= 4 is 5.82 Å². The van der Waals surface area contributed by atoms with Crippen LogP contribution in [-0.4, -0.2) is 49.7 Å². The van der Waals surface area contributed by atoms with Crippen LogP contribution in [0.15, 0.2) is 12.1 Å². The van der Waals surface area contributed by atoms with Gasteiger partial charge in [-0.25, -0.2) is 4.98 Å². The molecule has 0 bridgehead atoms. The van der Waals surface area contributed by atoms with Gasteiger partial charge in [0.15, 0.2) is 0 Å². The van der Waals surface area contributed by atoms with Crippen LogP contribution in [-0.2, 0) is 6.54 Å². The fourth-order valence-electron chi connectivity index (χ4n) is 2.59. The van der Waals surface area contributed by atoms with Crippen molar-refractivity contribution in [3.8, 4) is 0 Å². The van der Waals surface area contributed by atoms with Crippen molar-refractivity contribution < 1.29 is 0 Å². The van der Waals surface area contributed by atoms with E-state index in [1.807, 2.05) is 7.05 Å². The molecule has 4 nitrogen and oxygen atoms in total. The Hall–Kier alpha value is -1.13. The minimum atomic E-state index is 0.533. The molecule has 1 atom stereocenters. The van der Waals surface area contributed by atoms with Crippen molar-refractivity contribution in [3.05, 3.63) is 23.4 Å². The number of rotatable bonds is 3. The van der Waals surface area contributed by atoms with Crippen LogP contribution in [0.4, 0.5) is 5.82 Å². The third-order valence-corrected chi connectivity index (χ3v) is 3.67.